The minimum atomic E-state index is -0.762. The Morgan fingerprint density at radius 3 is 2.79 bits per heavy atom. The molecular weight excluding hydrogens is 266 g/mol. The monoisotopic (exact) mass is 277 g/mol. The van der Waals surface area contributed by atoms with Crippen LogP contribution >= 0.6 is 11.6 Å². The zero-order valence-electron chi connectivity index (χ0n) is 10.1. The van der Waals surface area contributed by atoms with E-state index < -0.39 is 5.97 Å². The molecule has 1 atom stereocenters. The first-order valence-electron chi connectivity index (χ1n) is 6.11. The molecule has 0 spiro atoms. The SMILES string of the molecule is O=C(O)C1CCc2c(noc2-c2ccc(Cl)cc2)C1. The van der Waals surface area contributed by atoms with E-state index in [1.807, 2.05) is 12.1 Å². The quantitative estimate of drug-likeness (QED) is 0.916. The average molecular weight is 278 g/mol. The largest absolute Gasteiger partial charge is 0.481 e. The topological polar surface area (TPSA) is 63.3 Å². The third kappa shape index (κ3) is 2.24. The van der Waals surface area contributed by atoms with E-state index in [9.17, 15) is 4.79 Å². The van der Waals surface area contributed by atoms with Crippen molar-refractivity contribution >= 4 is 17.6 Å². The first kappa shape index (κ1) is 12.2. The third-order valence-corrected chi connectivity index (χ3v) is 3.76. The molecular formula is C14H12ClNO3. The number of aliphatic carboxylic acids is 1. The Morgan fingerprint density at radius 1 is 1.37 bits per heavy atom. The van der Waals surface area contributed by atoms with Crippen molar-refractivity contribution in [1.29, 1.82) is 0 Å². The number of fused-ring (bicyclic) bond motifs is 1. The van der Waals surface area contributed by atoms with Gasteiger partial charge in [-0.2, -0.15) is 0 Å². The van der Waals surface area contributed by atoms with E-state index in [1.165, 1.54) is 0 Å². The first-order valence-corrected chi connectivity index (χ1v) is 6.49. The van der Waals surface area contributed by atoms with Crippen molar-refractivity contribution in [1.82, 2.24) is 5.16 Å². The normalized spacial score (nSPS) is 18.1. The second kappa shape index (κ2) is 4.70. The number of hydrogen-bond acceptors (Lipinski definition) is 3. The Labute approximate surface area is 115 Å². The molecule has 1 aromatic heterocycles. The molecule has 0 bridgehead atoms. The van der Waals surface area contributed by atoms with Gasteiger partial charge in [0.25, 0.3) is 0 Å². The van der Waals surface area contributed by atoms with Crippen molar-refractivity contribution in [2.75, 3.05) is 0 Å². The lowest BCUT2D eigenvalue weighted by Crippen LogP contribution is -2.22. The molecule has 1 heterocycles. The van der Waals surface area contributed by atoms with Crippen LogP contribution in [0.1, 0.15) is 17.7 Å². The Kier molecular flexibility index (Phi) is 3.03. The summed E-state index contributed by atoms with van der Waals surface area (Å²) in [5.74, 6) is -0.382. The maximum absolute atomic E-state index is 11.0. The second-order valence-corrected chi connectivity index (χ2v) is 5.16. The van der Waals surface area contributed by atoms with Crippen LogP contribution in [0.3, 0.4) is 0 Å². The molecule has 1 unspecified atom stereocenters. The van der Waals surface area contributed by atoms with Crippen LogP contribution in [-0.4, -0.2) is 16.2 Å². The molecule has 4 nitrogen and oxygen atoms in total. The Hall–Kier alpha value is -1.81. The van der Waals surface area contributed by atoms with E-state index in [0.29, 0.717) is 24.3 Å². The standard InChI is InChI=1S/C14H12ClNO3/c15-10-4-1-8(2-5-10)13-11-6-3-9(14(17)18)7-12(11)16-19-13/h1-2,4-5,9H,3,6-7H2,(H,17,18). The lowest BCUT2D eigenvalue weighted by atomic mass is 9.86. The van der Waals surface area contributed by atoms with Crippen molar-refractivity contribution in [3.8, 4) is 11.3 Å². The van der Waals surface area contributed by atoms with Gasteiger partial charge in [-0.1, -0.05) is 16.8 Å². The van der Waals surface area contributed by atoms with Gasteiger partial charge >= 0.3 is 5.97 Å². The summed E-state index contributed by atoms with van der Waals surface area (Å²) in [6.07, 6.45) is 1.76. The van der Waals surface area contributed by atoms with Gasteiger partial charge in [-0.25, -0.2) is 0 Å². The molecule has 5 heteroatoms. The molecule has 2 aromatic rings. The fourth-order valence-corrected chi connectivity index (χ4v) is 2.58. The van der Waals surface area contributed by atoms with Gasteiger partial charge in [-0.3, -0.25) is 4.79 Å². The molecule has 1 N–H and O–H groups in total. The summed E-state index contributed by atoms with van der Waals surface area (Å²) < 4.78 is 5.39. The van der Waals surface area contributed by atoms with E-state index in [0.717, 1.165) is 22.6 Å². The highest BCUT2D eigenvalue weighted by Gasteiger charge is 2.29. The highest BCUT2D eigenvalue weighted by Crippen LogP contribution is 2.33. The van der Waals surface area contributed by atoms with Gasteiger partial charge in [-0.15, -0.1) is 0 Å². The van der Waals surface area contributed by atoms with Gasteiger partial charge < -0.3 is 9.63 Å². The summed E-state index contributed by atoms with van der Waals surface area (Å²) in [5, 5.41) is 13.7. The number of carboxylic acid groups (broad SMARTS) is 1. The zero-order valence-corrected chi connectivity index (χ0v) is 10.9. The number of nitrogens with zero attached hydrogens (tertiary/aromatic N) is 1. The number of benzene rings is 1. The minimum Gasteiger partial charge on any atom is -0.481 e. The van der Waals surface area contributed by atoms with Gasteiger partial charge in [0.2, 0.25) is 0 Å². The van der Waals surface area contributed by atoms with Crippen LogP contribution in [0.15, 0.2) is 28.8 Å². The molecule has 1 aromatic carbocycles. The van der Waals surface area contributed by atoms with Gasteiger partial charge in [0.1, 0.15) is 0 Å². The molecule has 19 heavy (non-hydrogen) atoms. The molecule has 3 rings (SSSR count). The highest BCUT2D eigenvalue weighted by atomic mass is 35.5. The van der Waals surface area contributed by atoms with E-state index in [4.69, 9.17) is 21.2 Å². The van der Waals surface area contributed by atoms with Crippen LogP contribution in [0.5, 0.6) is 0 Å². The van der Waals surface area contributed by atoms with Crippen LogP contribution in [0.25, 0.3) is 11.3 Å². The van der Waals surface area contributed by atoms with E-state index in [2.05, 4.69) is 5.16 Å². The molecule has 1 aliphatic rings. The lowest BCUT2D eigenvalue weighted by Gasteiger charge is -2.16. The van der Waals surface area contributed by atoms with Crippen molar-refractivity contribution in [3.05, 3.63) is 40.5 Å². The van der Waals surface area contributed by atoms with E-state index >= 15 is 0 Å². The molecule has 0 radical (unpaired) electrons. The lowest BCUT2D eigenvalue weighted by molar-refractivity contribution is -0.142. The minimum absolute atomic E-state index is 0.351. The smallest absolute Gasteiger partial charge is 0.306 e. The zero-order chi connectivity index (χ0) is 13.4. The first-order chi connectivity index (χ1) is 9.15. The number of carbonyl (C=O) groups is 1. The maximum atomic E-state index is 11.0. The summed E-state index contributed by atoms with van der Waals surface area (Å²) in [7, 11) is 0. The Bertz CT molecular complexity index is 618. The number of halogens is 1. The summed E-state index contributed by atoms with van der Waals surface area (Å²) >= 11 is 5.86. The summed E-state index contributed by atoms with van der Waals surface area (Å²) in [4.78, 5) is 11.0. The molecule has 0 aliphatic heterocycles. The molecule has 0 amide bonds. The van der Waals surface area contributed by atoms with Gasteiger partial charge in [0.15, 0.2) is 5.76 Å². The van der Waals surface area contributed by atoms with E-state index in [-0.39, 0.29) is 5.92 Å². The number of rotatable bonds is 2. The van der Waals surface area contributed by atoms with Crippen LogP contribution in [-0.2, 0) is 17.6 Å². The van der Waals surface area contributed by atoms with Crippen molar-refractivity contribution in [3.63, 3.8) is 0 Å². The summed E-state index contributed by atoms with van der Waals surface area (Å²) in [6, 6.07) is 7.36. The molecule has 1 aliphatic carbocycles. The molecule has 0 saturated carbocycles. The van der Waals surface area contributed by atoms with Gasteiger partial charge in [0.05, 0.1) is 11.6 Å². The predicted molar refractivity (Wildman–Crippen MR) is 70.1 cm³/mol. The average Bonchev–Trinajstić information content (AvgIpc) is 2.82. The third-order valence-electron chi connectivity index (χ3n) is 3.51. The van der Waals surface area contributed by atoms with Gasteiger partial charge in [0, 0.05) is 22.6 Å². The number of aromatic nitrogens is 1. The van der Waals surface area contributed by atoms with E-state index in [1.54, 1.807) is 12.1 Å². The number of carboxylic acids is 1. The fourth-order valence-electron chi connectivity index (χ4n) is 2.45. The van der Waals surface area contributed by atoms with Crippen molar-refractivity contribution in [2.45, 2.75) is 19.3 Å². The van der Waals surface area contributed by atoms with Crippen molar-refractivity contribution < 1.29 is 14.4 Å². The van der Waals surface area contributed by atoms with Crippen LogP contribution in [0.2, 0.25) is 5.02 Å². The molecule has 0 saturated heterocycles. The second-order valence-electron chi connectivity index (χ2n) is 4.72. The van der Waals surface area contributed by atoms with Crippen LogP contribution in [0, 0.1) is 5.92 Å². The Balaban J connectivity index is 1.95. The van der Waals surface area contributed by atoms with Crippen LogP contribution in [0.4, 0.5) is 0 Å². The summed E-state index contributed by atoms with van der Waals surface area (Å²) in [5.41, 5.74) is 2.72. The number of hydrogen-bond donors (Lipinski definition) is 1. The Morgan fingerprint density at radius 2 is 2.11 bits per heavy atom. The maximum Gasteiger partial charge on any atom is 0.306 e. The predicted octanol–water partition coefficient (Wildman–Crippen LogP) is 3.18. The van der Waals surface area contributed by atoms with Gasteiger partial charge in [-0.05, 0) is 37.1 Å². The van der Waals surface area contributed by atoms with Crippen molar-refractivity contribution in [2.24, 2.45) is 5.92 Å². The fraction of sp³-hybridized carbons (Fsp3) is 0.286. The molecule has 0 fully saturated rings. The summed E-state index contributed by atoms with van der Waals surface area (Å²) in [6.45, 7) is 0. The van der Waals surface area contributed by atoms with Crippen LogP contribution < -0.4 is 0 Å². The molecule has 98 valence electrons. The highest BCUT2D eigenvalue weighted by molar-refractivity contribution is 6.30.